The van der Waals surface area contributed by atoms with E-state index in [1.807, 2.05) is 43.3 Å². The van der Waals surface area contributed by atoms with Crippen molar-refractivity contribution in [3.05, 3.63) is 58.1 Å². The molecule has 0 radical (unpaired) electrons. The molecule has 0 spiro atoms. The molecule has 0 N–H and O–H groups in total. The van der Waals surface area contributed by atoms with Crippen LogP contribution >= 0.6 is 28.6 Å². The van der Waals surface area contributed by atoms with Crippen LogP contribution in [-0.2, 0) is 0 Å². The Hall–Kier alpha value is -1.26. The first-order valence-corrected chi connectivity index (χ1v) is 7.06. The third-order valence-corrected chi connectivity index (χ3v) is 3.88. The molecule has 0 bridgehead atoms. The molecule has 0 aliphatic heterocycles. The number of hydrogen-bond donors (Lipinski definition) is 1. The van der Waals surface area contributed by atoms with Crippen LogP contribution in [0.2, 0.25) is 0 Å². The highest BCUT2D eigenvalue weighted by Crippen LogP contribution is 2.24. The lowest BCUT2D eigenvalue weighted by atomic mass is 10.1. The number of rotatable bonds is 2. The lowest BCUT2D eigenvalue weighted by Gasteiger charge is -2.18. The number of anilines is 1. The zero-order chi connectivity index (χ0) is 14.0. The maximum absolute atomic E-state index is 12.5. The van der Waals surface area contributed by atoms with Gasteiger partial charge in [-0.15, -0.1) is 12.6 Å². The van der Waals surface area contributed by atoms with Gasteiger partial charge in [-0.25, -0.2) is 0 Å². The third kappa shape index (κ3) is 3.19. The van der Waals surface area contributed by atoms with Crippen LogP contribution in [0.1, 0.15) is 15.9 Å². The van der Waals surface area contributed by atoms with Crippen LogP contribution in [0.3, 0.4) is 0 Å². The lowest BCUT2D eigenvalue weighted by Crippen LogP contribution is -2.26. The number of amides is 1. The molecule has 0 unspecified atom stereocenters. The van der Waals surface area contributed by atoms with E-state index in [1.54, 1.807) is 18.0 Å². The number of nitrogens with zero attached hydrogens (tertiary/aromatic N) is 1. The maximum Gasteiger partial charge on any atom is 0.259 e. The van der Waals surface area contributed by atoms with Gasteiger partial charge in [-0.05, 0) is 53.2 Å². The van der Waals surface area contributed by atoms with Gasteiger partial charge in [-0.3, -0.25) is 4.79 Å². The Morgan fingerprint density at radius 1 is 1.16 bits per heavy atom. The Balaban J connectivity index is 2.33. The van der Waals surface area contributed by atoms with Crippen molar-refractivity contribution >= 4 is 40.2 Å². The van der Waals surface area contributed by atoms with Crippen LogP contribution < -0.4 is 4.90 Å². The monoisotopic (exact) mass is 335 g/mol. The number of carbonyl (C=O) groups is 1. The second kappa shape index (κ2) is 5.80. The van der Waals surface area contributed by atoms with Gasteiger partial charge in [0.15, 0.2) is 0 Å². The Bertz CT molecular complexity index is 610. The number of aryl methyl sites for hydroxylation is 1. The van der Waals surface area contributed by atoms with Gasteiger partial charge < -0.3 is 4.90 Å². The summed E-state index contributed by atoms with van der Waals surface area (Å²) in [4.78, 5) is 14.9. The van der Waals surface area contributed by atoms with Crippen LogP contribution in [0.25, 0.3) is 0 Å². The van der Waals surface area contributed by atoms with Gasteiger partial charge >= 0.3 is 0 Å². The molecule has 0 saturated carbocycles. The van der Waals surface area contributed by atoms with Crippen molar-refractivity contribution in [2.75, 3.05) is 11.9 Å². The van der Waals surface area contributed by atoms with Crippen LogP contribution in [0.4, 0.5) is 5.69 Å². The lowest BCUT2D eigenvalue weighted by molar-refractivity contribution is 0.0992. The van der Waals surface area contributed by atoms with Crippen LogP contribution in [0.15, 0.2) is 51.8 Å². The summed E-state index contributed by atoms with van der Waals surface area (Å²) < 4.78 is 0.772. The van der Waals surface area contributed by atoms with Crippen LogP contribution in [0, 0.1) is 6.92 Å². The first-order valence-electron chi connectivity index (χ1n) is 5.82. The predicted molar refractivity (Wildman–Crippen MR) is 85.3 cm³/mol. The van der Waals surface area contributed by atoms with Gasteiger partial charge in [0.2, 0.25) is 0 Å². The highest BCUT2D eigenvalue weighted by atomic mass is 79.9. The number of thiol groups is 1. The SMILES string of the molecule is Cc1ccc(N(C)C(=O)c2cc(S)ccc2Br)cc1. The normalized spacial score (nSPS) is 10.3. The van der Waals surface area contributed by atoms with Crippen molar-refractivity contribution in [2.45, 2.75) is 11.8 Å². The first kappa shape index (κ1) is 14.2. The fraction of sp³-hybridized carbons (Fsp3) is 0.133. The van der Waals surface area contributed by atoms with Gasteiger partial charge in [0.25, 0.3) is 5.91 Å². The van der Waals surface area contributed by atoms with Gasteiger partial charge in [-0.1, -0.05) is 17.7 Å². The summed E-state index contributed by atoms with van der Waals surface area (Å²) >= 11 is 7.68. The molecule has 0 heterocycles. The van der Waals surface area contributed by atoms with E-state index in [0.29, 0.717) is 5.56 Å². The van der Waals surface area contributed by atoms with Gasteiger partial charge in [0.1, 0.15) is 0 Å². The van der Waals surface area contributed by atoms with Crippen molar-refractivity contribution in [2.24, 2.45) is 0 Å². The van der Waals surface area contributed by atoms with Crippen molar-refractivity contribution in [1.29, 1.82) is 0 Å². The highest BCUT2D eigenvalue weighted by Gasteiger charge is 2.16. The van der Waals surface area contributed by atoms with E-state index in [0.717, 1.165) is 15.1 Å². The van der Waals surface area contributed by atoms with Crippen LogP contribution in [0.5, 0.6) is 0 Å². The molecule has 19 heavy (non-hydrogen) atoms. The zero-order valence-corrected chi connectivity index (χ0v) is 13.2. The van der Waals surface area contributed by atoms with E-state index >= 15 is 0 Å². The number of carbonyl (C=O) groups excluding carboxylic acids is 1. The van der Waals surface area contributed by atoms with Crippen molar-refractivity contribution in [3.8, 4) is 0 Å². The number of benzene rings is 2. The first-order chi connectivity index (χ1) is 8.99. The number of halogens is 1. The summed E-state index contributed by atoms with van der Waals surface area (Å²) in [5, 5.41) is 0. The molecule has 2 aromatic rings. The molecule has 2 rings (SSSR count). The summed E-state index contributed by atoms with van der Waals surface area (Å²) in [6.07, 6.45) is 0. The average Bonchev–Trinajstić information content (AvgIpc) is 2.41. The molecule has 4 heteroatoms. The second-order valence-corrected chi connectivity index (χ2v) is 5.73. The van der Waals surface area contributed by atoms with E-state index in [-0.39, 0.29) is 5.91 Å². The van der Waals surface area contributed by atoms with Gasteiger partial charge in [0.05, 0.1) is 5.56 Å². The largest absolute Gasteiger partial charge is 0.311 e. The Morgan fingerprint density at radius 2 is 1.79 bits per heavy atom. The topological polar surface area (TPSA) is 20.3 Å². The minimum atomic E-state index is -0.0633. The fourth-order valence-corrected chi connectivity index (χ4v) is 2.36. The summed E-state index contributed by atoms with van der Waals surface area (Å²) in [6, 6.07) is 13.3. The summed E-state index contributed by atoms with van der Waals surface area (Å²) in [7, 11) is 1.77. The van der Waals surface area contributed by atoms with E-state index in [4.69, 9.17) is 0 Å². The molecule has 0 saturated heterocycles. The summed E-state index contributed by atoms with van der Waals surface area (Å²) in [5.41, 5.74) is 2.64. The quantitative estimate of drug-likeness (QED) is 0.810. The predicted octanol–water partition coefficient (Wildman–Crippen LogP) is 4.32. The minimum absolute atomic E-state index is 0.0633. The van der Waals surface area contributed by atoms with E-state index in [1.165, 1.54) is 5.56 Å². The standard InChI is InChI=1S/C15H14BrNOS/c1-10-3-5-11(6-4-10)17(2)15(18)13-9-12(19)7-8-14(13)16/h3-9,19H,1-2H3. The van der Waals surface area contributed by atoms with Crippen LogP contribution in [-0.4, -0.2) is 13.0 Å². The van der Waals surface area contributed by atoms with E-state index < -0.39 is 0 Å². The molecule has 1 amide bonds. The summed E-state index contributed by atoms with van der Waals surface area (Å²) in [5.74, 6) is -0.0633. The van der Waals surface area contributed by atoms with Gasteiger partial charge in [0, 0.05) is 22.1 Å². The maximum atomic E-state index is 12.5. The van der Waals surface area contributed by atoms with Crippen molar-refractivity contribution in [1.82, 2.24) is 0 Å². The fourth-order valence-electron chi connectivity index (χ4n) is 1.74. The molecule has 2 aromatic carbocycles. The van der Waals surface area contributed by atoms with E-state index in [9.17, 15) is 4.79 Å². The minimum Gasteiger partial charge on any atom is -0.311 e. The molecule has 0 fully saturated rings. The zero-order valence-electron chi connectivity index (χ0n) is 10.7. The number of hydrogen-bond acceptors (Lipinski definition) is 2. The molecular formula is C15H14BrNOS. The highest BCUT2D eigenvalue weighted by molar-refractivity contribution is 9.10. The Labute approximate surface area is 127 Å². The van der Waals surface area contributed by atoms with E-state index in [2.05, 4.69) is 28.6 Å². The molecule has 0 aliphatic rings. The second-order valence-electron chi connectivity index (χ2n) is 4.36. The average molecular weight is 336 g/mol. The summed E-state index contributed by atoms with van der Waals surface area (Å²) in [6.45, 7) is 2.02. The molecular weight excluding hydrogens is 322 g/mol. The molecule has 0 atom stereocenters. The molecule has 98 valence electrons. The Kier molecular flexibility index (Phi) is 4.32. The molecule has 0 aromatic heterocycles. The Morgan fingerprint density at radius 3 is 2.42 bits per heavy atom. The molecule has 0 aliphatic carbocycles. The molecule has 2 nitrogen and oxygen atoms in total. The smallest absolute Gasteiger partial charge is 0.259 e. The third-order valence-electron chi connectivity index (χ3n) is 2.91. The van der Waals surface area contributed by atoms with Crippen molar-refractivity contribution < 1.29 is 4.79 Å². The van der Waals surface area contributed by atoms with Gasteiger partial charge in [-0.2, -0.15) is 0 Å². The van der Waals surface area contributed by atoms with Crippen molar-refractivity contribution in [3.63, 3.8) is 0 Å².